The average Bonchev–Trinajstić information content (AvgIpc) is 3.33. The second-order valence-corrected chi connectivity index (χ2v) is 7.55. The molecule has 5 aromatic rings. The Morgan fingerprint density at radius 2 is 1.65 bits per heavy atom. The molecule has 2 aromatic carbocycles. The zero-order valence-corrected chi connectivity index (χ0v) is 18.2. The minimum absolute atomic E-state index is 0.607. The van der Waals surface area contributed by atoms with Gasteiger partial charge in [0.05, 0.1) is 25.3 Å². The number of aromatic nitrogens is 5. The van der Waals surface area contributed by atoms with E-state index in [0.29, 0.717) is 17.3 Å². The fourth-order valence-corrected chi connectivity index (χ4v) is 4.07. The monoisotopic (exact) mass is 413 g/mol. The molecule has 156 valence electrons. The van der Waals surface area contributed by atoms with E-state index in [-0.39, 0.29) is 0 Å². The van der Waals surface area contributed by atoms with Gasteiger partial charge in [-0.1, -0.05) is 18.2 Å². The number of methoxy groups -OCH3 is 2. The first-order valence-electron chi connectivity index (χ1n) is 10.0. The van der Waals surface area contributed by atoms with E-state index in [0.717, 1.165) is 39.2 Å². The molecule has 0 aliphatic carbocycles. The number of rotatable bonds is 4. The first-order chi connectivity index (χ1) is 15.0. The molecular weight excluding hydrogens is 390 g/mol. The Balaban J connectivity index is 1.75. The van der Waals surface area contributed by atoms with Crippen LogP contribution in [0.3, 0.4) is 0 Å². The molecule has 0 fully saturated rings. The van der Waals surface area contributed by atoms with Gasteiger partial charge >= 0.3 is 0 Å². The van der Waals surface area contributed by atoms with E-state index in [4.69, 9.17) is 19.4 Å². The molecule has 0 saturated carbocycles. The summed E-state index contributed by atoms with van der Waals surface area (Å²) >= 11 is 0. The zero-order chi connectivity index (χ0) is 21.7. The molecule has 0 aliphatic heterocycles. The number of para-hydroxylation sites is 1. The van der Waals surface area contributed by atoms with Crippen LogP contribution in [0.5, 0.6) is 11.5 Å². The van der Waals surface area contributed by atoms with Crippen molar-refractivity contribution in [3.05, 3.63) is 65.6 Å². The maximum absolute atomic E-state index is 5.44. The molecule has 3 heterocycles. The number of nitrogens with zero attached hydrogens (tertiary/aromatic N) is 5. The predicted octanol–water partition coefficient (Wildman–Crippen LogP) is 4.68. The van der Waals surface area contributed by atoms with Gasteiger partial charge in [-0.25, -0.2) is 14.5 Å². The lowest BCUT2D eigenvalue weighted by atomic mass is 10.2. The van der Waals surface area contributed by atoms with Crippen LogP contribution in [0.15, 0.2) is 48.8 Å². The Hall–Kier alpha value is -3.87. The maximum Gasteiger partial charge on any atom is 0.182 e. The lowest BCUT2D eigenvalue weighted by molar-refractivity contribution is 0.355. The molecule has 0 amide bonds. The third-order valence-corrected chi connectivity index (χ3v) is 5.83. The molecule has 0 N–H and O–H groups in total. The van der Waals surface area contributed by atoms with Crippen LogP contribution in [0.1, 0.15) is 16.8 Å². The van der Waals surface area contributed by atoms with Crippen LogP contribution in [-0.2, 0) is 0 Å². The minimum atomic E-state index is 0.607. The maximum atomic E-state index is 5.44. The zero-order valence-electron chi connectivity index (χ0n) is 18.2. The Labute approximate surface area is 179 Å². The SMILES string of the molecule is COc1ccc(-c2nc3c4c(C)c(C)n(-c5ccccc5C)c4ncn3n2)cc1OC. The molecule has 0 unspecified atom stereocenters. The van der Waals surface area contributed by atoms with Crippen LogP contribution in [0, 0.1) is 20.8 Å². The quantitative estimate of drug-likeness (QED) is 0.428. The van der Waals surface area contributed by atoms with Crippen LogP contribution >= 0.6 is 0 Å². The van der Waals surface area contributed by atoms with Gasteiger partial charge in [0.1, 0.15) is 6.33 Å². The second kappa shape index (κ2) is 7.12. The van der Waals surface area contributed by atoms with Gasteiger partial charge in [0.15, 0.2) is 28.6 Å². The number of benzene rings is 2. The van der Waals surface area contributed by atoms with Crippen LogP contribution in [0.4, 0.5) is 0 Å². The van der Waals surface area contributed by atoms with Crippen molar-refractivity contribution in [2.45, 2.75) is 20.8 Å². The van der Waals surface area contributed by atoms with Gasteiger partial charge in [-0.2, -0.15) is 0 Å². The van der Waals surface area contributed by atoms with Gasteiger partial charge in [-0.3, -0.25) is 4.57 Å². The third-order valence-electron chi connectivity index (χ3n) is 5.83. The van der Waals surface area contributed by atoms with E-state index >= 15 is 0 Å². The molecule has 5 rings (SSSR count). The van der Waals surface area contributed by atoms with Crippen molar-refractivity contribution in [3.63, 3.8) is 0 Å². The molecule has 0 atom stereocenters. The second-order valence-electron chi connectivity index (χ2n) is 7.55. The highest BCUT2D eigenvalue weighted by Gasteiger charge is 2.20. The lowest BCUT2D eigenvalue weighted by Gasteiger charge is -2.10. The van der Waals surface area contributed by atoms with Crippen LogP contribution < -0.4 is 9.47 Å². The van der Waals surface area contributed by atoms with Gasteiger partial charge in [-0.05, 0) is 56.2 Å². The molecule has 31 heavy (non-hydrogen) atoms. The van der Waals surface area contributed by atoms with E-state index in [1.807, 2.05) is 30.3 Å². The first kappa shape index (κ1) is 19.1. The Kier molecular flexibility index (Phi) is 4.39. The highest BCUT2D eigenvalue weighted by molar-refractivity contribution is 5.95. The molecule has 7 nitrogen and oxygen atoms in total. The van der Waals surface area contributed by atoms with Gasteiger partial charge in [0.2, 0.25) is 0 Å². The standard InChI is InChI=1S/C24H23N5O2/c1-14-8-6-7-9-18(14)29-16(3)15(2)21-23(29)25-13-28-24(21)26-22(27-28)17-10-11-19(30-4)20(12-17)31-5/h6-13H,1-5H3. The van der Waals surface area contributed by atoms with Gasteiger partial charge < -0.3 is 9.47 Å². The van der Waals surface area contributed by atoms with Gasteiger partial charge in [0, 0.05) is 11.3 Å². The molecule has 0 saturated heterocycles. The summed E-state index contributed by atoms with van der Waals surface area (Å²) in [5, 5.41) is 5.67. The Morgan fingerprint density at radius 1 is 0.871 bits per heavy atom. The highest BCUT2D eigenvalue weighted by Crippen LogP contribution is 2.34. The molecular formula is C24H23N5O2. The summed E-state index contributed by atoms with van der Waals surface area (Å²) in [5.41, 5.74) is 7.10. The van der Waals surface area contributed by atoms with Crippen molar-refractivity contribution in [2.24, 2.45) is 0 Å². The van der Waals surface area contributed by atoms with Crippen molar-refractivity contribution in [2.75, 3.05) is 14.2 Å². The van der Waals surface area contributed by atoms with Gasteiger partial charge in [0.25, 0.3) is 0 Å². The van der Waals surface area contributed by atoms with Crippen molar-refractivity contribution < 1.29 is 9.47 Å². The summed E-state index contributed by atoms with van der Waals surface area (Å²) in [6.45, 7) is 6.34. The predicted molar refractivity (Wildman–Crippen MR) is 120 cm³/mol. The number of aryl methyl sites for hydroxylation is 2. The summed E-state index contributed by atoms with van der Waals surface area (Å²) in [6, 6.07) is 14.0. The first-order valence-corrected chi connectivity index (χ1v) is 10.0. The molecule has 3 aromatic heterocycles. The summed E-state index contributed by atoms with van der Waals surface area (Å²) in [7, 11) is 3.24. The summed E-state index contributed by atoms with van der Waals surface area (Å²) in [4.78, 5) is 9.63. The molecule has 0 spiro atoms. The third kappa shape index (κ3) is 2.84. The topological polar surface area (TPSA) is 66.5 Å². The number of hydrogen-bond donors (Lipinski definition) is 0. The van der Waals surface area contributed by atoms with E-state index in [1.165, 1.54) is 5.56 Å². The normalized spacial score (nSPS) is 11.4. The molecule has 7 heteroatoms. The van der Waals surface area contributed by atoms with Crippen molar-refractivity contribution in [3.8, 4) is 28.6 Å². The fraction of sp³-hybridized carbons (Fsp3) is 0.208. The highest BCUT2D eigenvalue weighted by atomic mass is 16.5. The molecule has 0 aliphatic rings. The summed E-state index contributed by atoms with van der Waals surface area (Å²) in [5.74, 6) is 1.91. The minimum Gasteiger partial charge on any atom is -0.493 e. The summed E-state index contributed by atoms with van der Waals surface area (Å²) < 4.78 is 14.7. The number of ether oxygens (including phenoxy) is 2. The largest absolute Gasteiger partial charge is 0.493 e. The van der Waals surface area contributed by atoms with E-state index in [1.54, 1.807) is 25.1 Å². The average molecular weight is 413 g/mol. The van der Waals surface area contributed by atoms with Gasteiger partial charge in [-0.15, -0.1) is 5.10 Å². The van der Waals surface area contributed by atoms with E-state index < -0.39 is 0 Å². The smallest absolute Gasteiger partial charge is 0.182 e. The fourth-order valence-electron chi connectivity index (χ4n) is 4.07. The van der Waals surface area contributed by atoms with Crippen LogP contribution in [0.25, 0.3) is 33.8 Å². The number of hydrogen-bond acceptors (Lipinski definition) is 5. The van der Waals surface area contributed by atoms with Crippen molar-refractivity contribution in [1.82, 2.24) is 24.1 Å². The van der Waals surface area contributed by atoms with E-state index in [9.17, 15) is 0 Å². The molecule has 0 bridgehead atoms. The summed E-state index contributed by atoms with van der Waals surface area (Å²) in [6.07, 6.45) is 1.72. The Morgan fingerprint density at radius 3 is 2.39 bits per heavy atom. The van der Waals surface area contributed by atoms with E-state index in [2.05, 4.69) is 42.6 Å². The van der Waals surface area contributed by atoms with Crippen molar-refractivity contribution in [1.29, 1.82) is 0 Å². The van der Waals surface area contributed by atoms with Crippen LogP contribution in [-0.4, -0.2) is 38.4 Å². The van der Waals surface area contributed by atoms with Crippen LogP contribution in [0.2, 0.25) is 0 Å². The lowest BCUT2D eigenvalue weighted by Crippen LogP contribution is -2.01. The molecule has 0 radical (unpaired) electrons. The number of fused-ring (bicyclic) bond motifs is 3. The Bertz CT molecular complexity index is 1450. The van der Waals surface area contributed by atoms with Crippen molar-refractivity contribution >= 4 is 16.7 Å².